The Balaban J connectivity index is 1.73. The maximum absolute atomic E-state index is 11.2. The summed E-state index contributed by atoms with van der Waals surface area (Å²) in [6.07, 6.45) is 4.35. The van der Waals surface area contributed by atoms with Crippen LogP contribution in [0.5, 0.6) is 0 Å². The smallest absolute Gasteiger partial charge is 0.310 e. The molecular formula is C18H26N2O2. The second-order valence-electron chi connectivity index (χ2n) is 6.58. The third-order valence-electron chi connectivity index (χ3n) is 4.14. The fraction of sp³-hybridized carbons (Fsp3) is 0.500. The lowest BCUT2D eigenvalue weighted by atomic mass is 9.93. The second-order valence-corrected chi connectivity index (χ2v) is 6.58. The van der Waals surface area contributed by atoms with Crippen molar-refractivity contribution < 1.29 is 9.90 Å². The van der Waals surface area contributed by atoms with Crippen molar-refractivity contribution in [1.29, 1.82) is 0 Å². The zero-order chi connectivity index (χ0) is 16.0. The molecule has 1 aliphatic heterocycles. The van der Waals surface area contributed by atoms with Gasteiger partial charge in [0.05, 0.1) is 5.41 Å². The minimum atomic E-state index is -0.722. The summed E-state index contributed by atoms with van der Waals surface area (Å²) in [5.74, 6) is -0.722. The molecule has 1 aliphatic rings. The number of nitrogens with zero attached hydrogens (tertiary/aromatic N) is 2. The van der Waals surface area contributed by atoms with E-state index in [0.29, 0.717) is 6.54 Å². The first kappa shape index (κ1) is 16.7. The van der Waals surface area contributed by atoms with Gasteiger partial charge >= 0.3 is 5.97 Å². The van der Waals surface area contributed by atoms with E-state index in [9.17, 15) is 9.90 Å². The maximum Gasteiger partial charge on any atom is 0.310 e. The highest BCUT2D eigenvalue weighted by Crippen LogP contribution is 2.18. The molecule has 0 saturated carbocycles. The van der Waals surface area contributed by atoms with Crippen molar-refractivity contribution in [2.24, 2.45) is 5.41 Å². The maximum atomic E-state index is 11.2. The van der Waals surface area contributed by atoms with Crippen molar-refractivity contribution in [3.8, 4) is 0 Å². The normalized spacial score (nSPS) is 17.9. The number of hydrogen-bond acceptors (Lipinski definition) is 3. The molecule has 22 heavy (non-hydrogen) atoms. The van der Waals surface area contributed by atoms with Crippen LogP contribution in [-0.4, -0.2) is 60.1 Å². The van der Waals surface area contributed by atoms with Crippen LogP contribution in [0, 0.1) is 5.41 Å². The molecule has 2 rings (SSSR count). The molecule has 0 amide bonds. The van der Waals surface area contributed by atoms with Crippen LogP contribution in [-0.2, 0) is 4.79 Å². The van der Waals surface area contributed by atoms with E-state index in [0.717, 1.165) is 32.7 Å². The van der Waals surface area contributed by atoms with E-state index < -0.39 is 11.4 Å². The van der Waals surface area contributed by atoms with Gasteiger partial charge in [0.25, 0.3) is 0 Å². The predicted molar refractivity (Wildman–Crippen MR) is 89.8 cm³/mol. The zero-order valence-corrected chi connectivity index (χ0v) is 13.5. The third-order valence-corrected chi connectivity index (χ3v) is 4.14. The molecule has 1 aromatic carbocycles. The molecule has 1 aromatic rings. The van der Waals surface area contributed by atoms with Gasteiger partial charge in [0.1, 0.15) is 0 Å². The Kier molecular flexibility index (Phi) is 5.75. The van der Waals surface area contributed by atoms with Crippen LogP contribution in [0.25, 0.3) is 6.08 Å². The average molecular weight is 302 g/mol. The second kappa shape index (κ2) is 7.56. The van der Waals surface area contributed by atoms with Crippen LogP contribution in [0.2, 0.25) is 0 Å². The van der Waals surface area contributed by atoms with Crippen LogP contribution < -0.4 is 0 Å². The van der Waals surface area contributed by atoms with Crippen LogP contribution >= 0.6 is 0 Å². The first-order valence-corrected chi connectivity index (χ1v) is 7.87. The van der Waals surface area contributed by atoms with Crippen molar-refractivity contribution in [1.82, 2.24) is 9.80 Å². The van der Waals surface area contributed by atoms with Crippen LogP contribution in [0.1, 0.15) is 19.4 Å². The minimum Gasteiger partial charge on any atom is -0.481 e. The lowest BCUT2D eigenvalue weighted by molar-refractivity contribution is -0.148. The highest BCUT2D eigenvalue weighted by atomic mass is 16.4. The zero-order valence-electron chi connectivity index (χ0n) is 13.5. The summed E-state index contributed by atoms with van der Waals surface area (Å²) < 4.78 is 0. The Hall–Kier alpha value is -1.65. The van der Waals surface area contributed by atoms with Crippen molar-refractivity contribution in [3.63, 3.8) is 0 Å². The molecule has 0 radical (unpaired) electrons. The summed E-state index contributed by atoms with van der Waals surface area (Å²) in [5.41, 5.74) is 0.555. The Morgan fingerprint density at radius 2 is 1.73 bits per heavy atom. The van der Waals surface area contributed by atoms with Crippen LogP contribution in [0.4, 0.5) is 0 Å². The molecule has 0 spiro atoms. The summed E-state index contributed by atoms with van der Waals surface area (Å²) in [6, 6.07) is 10.3. The quantitative estimate of drug-likeness (QED) is 0.876. The number of carboxylic acid groups (broad SMARTS) is 1. The third kappa shape index (κ3) is 4.97. The molecular weight excluding hydrogens is 276 g/mol. The molecule has 1 N–H and O–H groups in total. The van der Waals surface area contributed by atoms with E-state index in [-0.39, 0.29) is 0 Å². The van der Waals surface area contributed by atoms with Gasteiger partial charge < -0.3 is 5.11 Å². The topological polar surface area (TPSA) is 43.8 Å². The van der Waals surface area contributed by atoms with Gasteiger partial charge in [-0.3, -0.25) is 14.6 Å². The van der Waals surface area contributed by atoms with E-state index in [1.165, 1.54) is 5.56 Å². The summed E-state index contributed by atoms with van der Waals surface area (Å²) in [4.78, 5) is 15.9. The Bertz CT molecular complexity index is 503. The van der Waals surface area contributed by atoms with E-state index >= 15 is 0 Å². The first-order valence-electron chi connectivity index (χ1n) is 7.87. The van der Waals surface area contributed by atoms with Gasteiger partial charge in [0, 0.05) is 39.3 Å². The summed E-state index contributed by atoms with van der Waals surface area (Å²) in [7, 11) is 0. The average Bonchev–Trinajstić information content (AvgIpc) is 2.50. The minimum absolute atomic E-state index is 0.621. The number of hydrogen-bond donors (Lipinski definition) is 1. The summed E-state index contributed by atoms with van der Waals surface area (Å²) in [6.45, 7) is 9.03. The van der Waals surface area contributed by atoms with Gasteiger partial charge in [-0.25, -0.2) is 0 Å². The molecule has 1 heterocycles. The predicted octanol–water partition coefficient (Wildman–Crippen LogP) is 2.43. The molecule has 120 valence electrons. The Labute approximate surface area is 133 Å². The van der Waals surface area contributed by atoms with Crippen LogP contribution in [0.3, 0.4) is 0 Å². The number of rotatable bonds is 6. The van der Waals surface area contributed by atoms with Gasteiger partial charge in [0.2, 0.25) is 0 Å². The number of benzene rings is 1. The molecule has 1 fully saturated rings. The summed E-state index contributed by atoms with van der Waals surface area (Å²) >= 11 is 0. The van der Waals surface area contributed by atoms with Gasteiger partial charge in [0.15, 0.2) is 0 Å². The van der Waals surface area contributed by atoms with E-state index in [4.69, 9.17) is 0 Å². The lowest BCUT2D eigenvalue weighted by Gasteiger charge is -2.37. The number of carbonyl (C=O) groups is 1. The molecule has 0 bridgehead atoms. The van der Waals surface area contributed by atoms with Gasteiger partial charge in [-0.15, -0.1) is 0 Å². The van der Waals surface area contributed by atoms with Crippen molar-refractivity contribution in [2.45, 2.75) is 13.8 Å². The van der Waals surface area contributed by atoms with Crippen molar-refractivity contribution in [2.75, 3.05) is 39.3 Å². The monoisotopic (exact) mass is 302 g/mol. The Morgan fingerprint density at radius 3 is 2.32 bits per heavy atom. The number of piperazine rings is 1. The fourth-order valence-electron chi connectivity index (χ4n) is 2.66. The van der Waals surface area contributed by atoms with E-state index in [1.54, 1.807) is 13.8 Å². The molecule has 4 nitrogen and oxygen atoms in total. The van der Waals surface area contributed by atoms with Gasteiger partial charge in [-0.2, -0.15) is 0 Å². The molecule has 0 atom stereocenters. The Morgan fingerprint density at radius 1 is 1.14 bits per heavy atom. The molecule has 0 aromatic heterocycles. The van der Waals surface area contributed by atoms with Crippen LogP contribution in [0.15, 0.2) is 36.4 Å². The molecule has 4 heteroatoms. The SMILES string of the molecule is CC(C)(CN1CCN(CC=Cc2ccccc2)CC1)C(=O)O. The number of aliphatic carboxylic acids is 1. The van der Waals surface area contributed by atoms with Gasteiger partial charge in [-0.05, 0) is 19.4 Å². The molecule has 1 saturated heterocycles. The van der Waals surface area contributed by atoms with Gasteiger partial charge in [-0.1, -0.05) is 42.5 Å². The van der Waals surface area contributed by atoms with Crippen molar-refractivity contribution in [3.05, 3.63) is 42.0 Å². The van der Waals surface area contributed by atoms with Crippen molar-refractivity contribution >= 4 is 12.0 Å². The highest BCUT2D eigenvalue weighted by molar-refractivity contribution is 5.73. The molecule has 0 aliphatic carbocycles. The molecule has 0 unspecified atom stereocenters. The number of carboxylic acids is 1. The standard InChI is InChI=1S/C18H26N2O2/c1-18(2,17(21)22)15-20-13-11-19(12-14-20)10-6-9-16-7-4-3-5-8-16/h3-9H,10-15H2,1-2H3,(H,21,22). The highest BCUT2D eigenvalue weighted by Gasteiger charge is 2.30. The fourth-order valence-corrected chi connectivity index (χ4v) is 2.66. The summed E-state index contributed by atoms with van der Waals surface area (Å²) in [5, 5.41) is 9.20. The first-order chi connectivity index (χ1) is 10.5. The van der Waals surface area contributed by atoms with E-state index in [2.05, 4.69) is 34.1 Å². The largest absolute Gasteiger partial charge is 0.481 e. The lowest BCUT2D eigenvalue weighted by Crippen LogP contribution is -2.50. The van der Waals surface area contributed by atoms with E-state index in [1.807, 2.05) is 18.2 Å².